The molecule has 0 atom stereocenters. The number of hydrazone groups is 1. The number of amides is 2. The van der Waals surface area contributed by atoms with Crippen LogP contribution in [0.25, 0.3) is 0 Å². The van der Waals surface area contributed by atoms with E-state index in [4.69, 9.17) is 17.3 Å². The molecule has 4 nitrogen and oxygen atoms in total. The summed E-state index contributed by atoms with van der Waals surface area (Å²) < 4.78 is 26.0. The molecule has 0 spiro atoms. The lowest BCUT2D eigenvalue weighted by atomic mass is 10.2. The molecule has 0 heterocycles. The van der Waals surface area contributed by atoms with E-state index >= 15 is 0 Å². The van der Waals surface area contributed by atoms with E-state index < -0.39 is 17.7 Å². The smallest absolute Gasteiger partial charge is 0.332 e. The lowest BCUT2D eigenvalue weighted by Gasteiger charge is -1.99. The molecule has 1 aromatic carbocycles. The summed E-state index contributed by atoms with van der Waals surface area (Å²) in [5.41, 5.74) is 6.39. The van der Waals surface area contributed by atoms with Crippen LogP contribution in [0.15, 0.2) is 17.2 Å². The topological polar surface area (TPSA) is 67.5 Å². The number of halogens is 3. The SMILES string of the molecule is NC(=O)NN=Cc1ccc(Cl)c(F)c1F. The van der Waals surface area contributed by atoms with Gasteiger partial charge in [-0.1, -0.05) is 11.6 Å². The normalized spacial score (nSPS) is 10.6. The monoisotopic (exact) mass is 233 g/mol. The summed E-state index contributed by atoms with van der Waals surface area (Å²) in [6.45, 7) is 0. The zero-order chi connectivity index (χ0) is 11.4. The van der Waals surface area contributed by atoms with Crippen molar-refractivity contribution in [2.45, 2.75) is 0 Å². The molecular formula is C8H6ClF2N3O. The van der Waals surface area contributed by atoms with E-state index in [0.717, 1.165) is 6.21 Å². The van der Waals surface area contributed by atoms with Crippen molar-refractivity contribution in [3.8, 4) is 0 Å². The van der Waals surface area contributed by atoms with Crippen LogP contribution >= 0.6 is 11.6 Å². The third-order valence-corrected chi connectivity index (χ3v) is 1.74. The highest BCUT2D eigenvalue weighted by molar-refractivity contribution is 6.30. The Labute approximate surface area is 88.7 Å². The molecule has 0 unspecified atom stereocenters. The Morgan fingerprint density at radius 1 is 1.47 bits per heavy atom. The quantitative estimate of drug-likeness (QED) is 0.455. The van der Waals surface area contributed by atoms with Gasteiger partial charge in [-0.05, 0) is 12.1 Å². The van der Waals surface area contributed by atoms with Crippen molar-refractivity contribution in [1.82, 2.24) is 5.43 Å². The highest BCUT2D eigenvalue weighted by Gasteiger charge is 2.10. The first kappa shape index (κ1) is 11.4. The molecule has 0 saturated carbocycles. The van der Waals surface area contributed by atoms with Gasteiger partial charge in [-0.15, -0.1) is 0 Å². The molecule has 0 aliphatic rings. The summed E-state index contributed by atoms with van der Waals surface area (Å²) in [5.74, 6) is -2.31. The van der Waals surface area contributed by atoms with E-state index in [1.54, 1.807) is 0 Å². The zero-order valence-electron chi connectivity index (χ0n) is 7.30. The number of rotatable bonds is 2. The minimum Gasteiger partial charge on any atom is -0.350 e. The predicted octanol–water partition coefficient (Wildman–Crippen LogP) is 1.62. The third kappa shape index (κ3) is 2.88. The average Bonchev–Trinajstić information content (AvgIpc) is 2.18. The van der Waals surface area contributed by atoms with Crippen LogP contribution in [-0.4, -0.2) is 12.2 Å². The summed E-state index contributed by atoms with van der Waals surface area (Å²) >= 11 is 5.32. The third-order valence-electron chi connectivity index (χ3n) is 1.44. The number of hydrogen-bond acceptors (Lipinski definition) is 2. The van der Waals surface area contributed by atoms with Crippen molar-refractivity contribution in [2.24, 2.45) is 10.8 Å². The van der Waals surface area contributed by atoms with Gasteiger partial charge in [-0.25, -0.2) is 19.0 Å². The fraction of sp³-hybridized carbons (Fsp3) is 0. The van der Waals surface area contributed by atoms with E-state index in [9.17, 15) is 13.6 Å². The molecule has 2 amide bonds. The number of nitrogens with one attached hydrogen (secondary N) is 1. The van der Waals surface area contributed by atoms with Crippen LogP contribution < -0.4 is 11.2 Å². The van der Waals surface area contributed by atoms with Gasteiger partial charge in [0.05, 0.1) is 11.2 Å². The highest BCUT2D eigenvalue weighted by Crippen LogP contribution is 2.19. The van der Waals surface area contributed by atoms with Gasteiger partial charge in [0.2, 0.25) is 0 Å². The van der Waals surface area contributed by atoms with E-state index in [-0.39, 0.29) is 10.6 Å². The van der Waals surface area contributed by atoms with E-state index in [0.29, 0.717) is 0 Å². The first-order valence-corrected chi connectivity index (χ1v) is 4.12. The van der Waals surface area contributed by atoms with Gasteiger partial charge in [0.15, 0.2) is 11.6 Å². The largest absolute Gasteiger partial charge is 0.350 e. The van der Waals surface area contributed by atoms with Crippen LogP contribution in [0.5, 0.6) is 0 Å². The lowest BCUT2D eigenvalue weighted by Crippen LogP contribution is -2.24. The number of nitrogens with two attached hydrogens (primary N) is 1. The first-order valence-electron chi connectivity index (χ1n) is 3.74. The maximum atomic E-state index is 13.1. The number of urea groups is 1. The molecule has 0 aromatic heterocycles. The first-order chi connectivity index (χ1) is 7.02. The van der Waals surface area contributed by atoms with Crippen molar-refractivity contribution in [3.05, 3.63) is 34.4 Å². The molecular weight excluding hydrogens is 228 g/mol. The molecule has 1 aromatic rings. The van der Waals surface area contributed by atoms with Gasteiger partial charge in [0, 0.05) is 5.56 Å². The molecule has 1 rings (SSSR count). The number of carbonyl (C=O) groups excluding carboxylic acids is 1. The summed E-state index contributed by atoms with van der Waals surface area (Å²) in [5, 5.41) is 2.95. The standard InChI is InChI=1S/C8H6ClF2N3O/c9-5-2-1-4(6(10)7(5)11)3-13-14-8(12)15/h1-3H,(H3,12,14,15). The van der Waals surface area contributed by atoms with Crippen LogP contribution in [-0.2, 0) is 0 Å². The second-order valence-electron chi connectivity index (χ2n) is 2.50. The highest BCUT2D eigenvalue weighted by atomic mass is 35.5. The maximum absolute atomic E-state index is 13.1. The fourth-order valence-corrected chi connectivity index (χ4v) is 0.952. The van der Waals surface area contributed by atoms with Crippen LogP contribution in [0.2, 0.25) is 5.02 Å². The number of benzene rings is 1. The van der Waals surface area contributed by atoms with Crippen molar-refractivity contribution in [1.29, 1.82) is 0 Å². The van der Waals surface area contributed by atoms with E-state index in [1.807, 2.05) is 5.43 Å². The van der Waals surface area contributed by atoms with Gasteiger partial charge < -0.3 is 5.73 Å². The van der Waals surface area contributed by atoms with Gasteiger partial charge in [-0.2, -0.15) is 5.10 Å². The number of nitrogens with zero attached hydrogens (tertiary/aromatic N) is 1. The van der Waals surface area contributed by atoms with Crippen molar-refractivity contribution < 1.29 is 13.6 Å². The van der Waals surface area contributed by atoms with Gasteiger partial charge in [-0.3, -0.25) is 0 Å². The molecule has 0 fully saturated rings. The summed E-state index contributed by atoms with van der Waals surface area (Å²) in [7, 11) is 0. The minimum atomic E-state index is -1.17. The Kier molecular flexibility index (Phi) is 3.56. The summed E-state index contributed by atoms with van der Waals surface area (Å²) in [4.78, 5) is 10.2. The van der Waals surface area contributed by atoms with Crippen molar-refractivity contribution in [2.75, 3.05) is 0 Å². The van der Waals surface area contributed by atoms with Gasteiger partial charge >= 0.3 is 6.03 Å². The molecule has 0 saturated heterocycles. The maximum Gasteiger partial charge on any atom is 0.332 e. The van der Waals surface area contributed by atoms with Crippen molar-refractivity contribution >= 4 is 23.8 Å². The Morgan fingerprint density at radius 3 is 2.73 bits per heavy atom. The van der Waals surface area contributed by atoms with Gasteiger partial charge in [0.1, 0.15) is 0 Å². The molecule has 7 heteroatoms. The molecule has 0 aliphatic heterocycles. The number of primary amides is 1. The van der Waals surface area contributed by atoms with Crippen molar-refractivity contribution in [3.63, 3.8) is 0 Å². The Bertz CT molecular complexity index is 423. The second-order valence-corrected chi connectivity index (χ2v) is 2.91. The lowest BCUT2D eigenvalue weighted by molar-refractivity contribution is 0.249. The second kappa shape index (κ2) is 4.70. The van der Waals surface area contributed by atoms with Gasteiger partial charge in [0.25, 0.3) is 0 Å². The summed E-state index contributed by atoms with van der Waals surface area (Å²) in [6, 6.07) is 1.49. The Morgan fingerprint density at radius 2 is 2.13 bits per heavy atom. The minimum absolute atomic E-state index is 0.148. The summed E-state index contributed by atoms with van der Waals surface area (Å²) in [6.07, 6.45) is 0.916. The Balaban J connectivity index is 2.92. The Hall–Kier alpha value is -1.69. The van der Waals surface area contributed by atoms with E-state index in [1.165, 1.54) is 12.1 Å². The van der Waals surface area contributed by atoms with Crippen LogP contribution in [0, 0.1) is 11.6 Å². The number of carbonyl (C=O) groups is 1. The van der Waals surface area contributed by atoms with Crippen LogP contribution in [0.4, 0.5) is 13.6 Å². The average molecular weight is 234 g/mol. The predicted molar refractivity (Wildman–Crippen MR) is 51.7 cm³/mol. The molecule has 80 valence electrons. The molecule has 0 aliphatic carbocycles. The molecule has 3 N–H and O–H groups in total. The molecule has 0 bridgehead atoms. The van der Waals surface area contributed by atoms with Crippen LogP contribution in [0.3, 0.4) is 0 Å². The molecule has 0 radical (unpaired) electrons. The fourth-order valence-electron chi connectivity index (χ4n) is 0.806. The van der Waals surface area contributed by atoms with E-state index in [2.05, 4.69) is 5.10 Å². The van der Waals surface area contributed by atoms with Crippen LogP contribution in [0.1, 0.15) is 5.56 Å². The zero-order valence-corrected chi connectivity index (χ0v) is 8.05. The number of hydrogen-bond donors (Lipinski definition) is 2. The molecule has 15 heavy (non-hydrogen) atoms.